The third kappa shape index (κ3) is 2.97. The van der Waals surface area contributed by atoms with Gasteiger partial charge in [-0.05, 0) is 12.1 Å². The maximum absolute atomic E-state index is 14.1. The fourth-order valence-electron chi connectivity index (χ4n) is 2.98. The van der Waals surface area contributed by atoms with Gasteiger partial charge in [0.25, 0.3) is 11.7 Å². The first-order valence-electron chi connectivity index (χ1n) is 8.15. The number of nitrogens with one attached hydrogen (secondary N) is 1. The van der Waals surface area contributed by atoms with Crippen molar-refractivity contribution in [3.05, 3.63) is 53.1 Å². The molecule has 0 atom stereocenters. The third-order valence-corrected chi connectivity index (χ3v) is 4.29. The highest BCUT2D eigenvalue weighted by Gasteiger charge is 2.27. The molecular weight excluding hydrogens is 341 g/mol. The zero-order valence-corrected chi connectivity index (χ0v) is 14.0. The number of hydrogen-bond acceptors (Lipinski definition) is 7. The second-order valence-electron chi connectivity index (χ2n) is 5.96. The lowest BCUT2D eigenvalue weighted by Gasteiger charge is -2.24. The van der Waals surface area contributed by atoms with Crippen molar-refractivity contribution in [3.63, 3.8) is 0 Å². The number of carbonyl (C=O) groups excluding carboxylic acids is 1. The molecule has 1 aliphatic rings. The Hall–Kier alpha value is -3.07. The summed E-state index contributed by atoms with van der Waals surface area (Å²) in [5.74, 6) is 0.360. The van der Waals surface area contributed by atoms with Crippen LogP contribution in [0.5, 0.6) is 0 Å². The van der Waals surface area contributed by atoms with Gasteiger partial charge < -0.3 is 14.4 Å². The number of carbonyl (C=O) groups is 1. The van der Waals surface area contributed by atoms with Gasteiger partial charge in [0.2, 0.25) is 5.89 Å². The van der Waals surface area contributed by atoms with Crippen molar-refractivity contribution >= 4 is 5.91 Å². The van der Waals surface area contributed by atoms with E-state index in [4.69, 9.17) is 9.05 Å². The van der Waals surface area contributed by atoms with Gasteiger partial charge in [-0.3, -0.25) is 9.69 Å². The predicted molar refractivity (Wildman–Crippen MR) is 87.4 cm³/mol. The zero-order chi connectivity index (χ0) is 18.1. The Bertz CT molecular complexity index is 952. The SMILES string of the molecule is CNC(=O)c1noc(CN2CCc3onc(-c4ccccc4F)c3C2)n1. The van der Waals surface area contributed by atoms with Crippen molar-refractivity contribution in [2.45, 2.75) is 19.5 Å². The number of rotatable bonds is 4. The Morgan fingerprint density at radius 3 is 2.96 bits per heavy atom. The standard InChI is InChI=1S/C17H16FN5O3/c1-19-17(24)16-20-14(26-22-16)9-23-7-6-13-11(8-23)15(21-25-13)10-4-2-3-5-12(10)18/h2-5H,6-9H2,1H3,(H,19,24). The first-order chi connectivity index (χ1) is 12.7. The molecule has 0 saturated carbocycles. The smallest absolute Gasteiger partial charge is 0.292 e. The van der Waals surface area contributed by atoms with E-state index in [1.54, 1.807) is 18.2 Å². The van der Waals surface area contributed by atoms with E-state index in [9.17, 15) is 9.18 Å². The number of hydrogen-bond donors (Lipinski definition) is 1. The molecule has 0 radical (unpaired) electrons. The van der Waals surface area contributed by atoms with Crippen LogP contribution in [0.2, 0.25) is 0 Å². The van der Waals surface area contributed by atoms with Gasteiger partial charge in [-0.2, -0.15) is 4.98 Å². The fraction of sp³-hybridized carbons (Fsp3) is 0.294. The van der Waals surface area contributed by atoms with Crippen molar-refractivity contribution in [3.8, 4) is 11.3 Å². The quantitative estimate of drug-likeness (QED) is 0.760. The highest BCUT2D eigenvalue weighted by molar-refractivity contribution is 5.89. The first-order valence-corrected chi connectivity index (χ1v) is 8.15. The highest BCUT2D eigenvalue weighted by Crippen LogP contribution is 2.31. The van der Waals surface area contributed by atoms with Gasteiger partial charge >= 0.3 is 0 Å². The molecule has 134 valence electrons. The summed E-state index contributed by atoms with van der Waals surface area (Å²) >= 11 is 0. The average molecular weight is 357 g/mol. The Morgan fingerprint density at radius 1 is 1.31 bits per heavy atom. The molecule has 0 unspecified atom stereocenters. The van der Waals surface area contributed by atoms with E-state index in [-0.39, 0.29) is 11.6 Å². The molecule has 2 aromatic heterocycles. The molecule has 1 amide bonds. The largest absolute Gasteiger partial charge is 0.360 e. The summed E-state index contributed by atoms with van der Waals surface area (Å²) in [6, 6.07) is 6.48. The van der Waals surface area contributed by atoms with Crippen LogP contribution in [-0.4, -0.2) is 39.7 Å². The summed E-state index contributed by atoms with van der Waals surface area (Å²) in [6.07, 6.45) is 0.646. The number of halogens is 1. The number of benzene rings is 1. The molecule has 0 fully saturated rings. The Morgan fingerprint density at radius 2 is 2.15 bits per heavy atom. The minimum absolute atomic E-state index is 0.00257. The van der Waals surface area contributed by atoms with E-state index in [0.29, 0.717) is 43.2 Å². The van der Waals surface area contributed by atoms with Crippen LogP contribution in [0.15, 0.2) is 33.3 Å². The summed E-state index contributed by atoms with van der Waals surface area (Å²) < 4.78 is 24.6. The maximum Gasteiger partial charge on any atom is 0.292 e. The minimum Gasteiger partial charge on any atom is -0.360 e. The molecule has 0 saturated heterocycles. The first kappa shape index (κ1) is 16.4. The van der Waals surface area contributed by atoms with Crippen LogP contribution in [0.3, 0.4) is 0 Å². The summed E-state index contributed by atoms with van der Waals surface area (Å²) in [7, 11) is 1.50. The zero-order valence-electron chi connectivity index (χ0n) is 14.0. The Balaban J connectivity index is 1.54. The molecule has 26 heavy (non-hydrogen) atoms. The van der Waals surface area contributed by atoms with Crippen molar-refractivity contribution in [2.75, 3.05) is 13.6 Å². The lowest BCUT2D eigenvalue weighted by molar-refractivity contribution is 0.0950. The summed E-state index contributed by atoms with van der Waals surface area (Å²) in [5.41, 5.74) is 1.78. The van der Waals surface area contributed by atoms with E-state index in [1.165, 1.54) is 13.1 Å². The number of fused-ring (bicyclic) bond motifs is 1. The van der Waals surface area contributed by atoms with E-state index in [0.717, 1.165) is 11.3 Å². The van der Waals surface area contributed by atoms with Crippen LogP contribution in [0.4, 0.5) is 4.39 Å². The predicted octanol–water partition coefficient (Wildman–Crippen LogP) is 1.78. The molecule has 8 nitrogen and oxygen atoms in total. The number of amides is 1. The van der Waals surface area contributed by atoms with Crippen LogP contribution < -0.4 is 5.32 Å². The van der Waals surface area contributed by atoms with Crippen LogP contribution in [-0.2, 0) is 19.5 Å². The van der Waals surface area contributed by atoms with Gasteiger partial charge in [-0.15, -0.1) is 0 Å². The molecule has 1 N–H and O–H groups in total. The summed E-state index contributed by atoms with van der Waals surface area (Å²) in [5, 5.41) is 10.2. The second-order valence-corrected chi connectivity index (χ2v) is 5.96. The van der Waals surface area contributed by atoms with Crippen molar-refractivity contribution < 1.29 is 18.2 Å². The fourth-order valence-corrected chi connectivity index (χ4v) is 2.98. The van der Waals surface area contributed by atoms with Crippen LogP contribution in [0.25, 0.3) is 11.3 Å². The van der Waals surface area contributed by atoms with Crippen molar-refractivity contribution in [2.24, 2.45) is 0 Å². The summed E-state index contributed by atoms with van der Waals surface area (Å²) in [4.78, 5) is 17.7. The van der Waals surface area contributed by atoms with Gasteiger partial charge in [0.05, 0.1) is 6.54 Å². The molecule has 3 aromatic rings. The van der Waals surface area contributed by atoms with E-state index < -0.39 is 5.91 Å². The summed E-state index contributed by atoms with van der Waals surface area (Å²) in [6.45, 7) is 1.60. The van der Waals surface area contributed by atoms with Gasteiger partial charge in [-0.25, -0.2) is 4.39 Å². The monoisotopic (exact) mass is 357 g/mol. The average Bonchev–Trinajstić information content (AvgIpc) is 3.28. The van der Waals surface area contributed by atoms with Gasteiger partial charge in [-0.1, -0.05) is 22.4 Å². The topological polar surface area (TPSA) is 97.3 Å². The third-order valence-electron chi connectivity index (χ3n) is 4.29. The molecule has 4 rings (SSSR count). The van der Waals surface area contributed by atoms with Crippen molar-refractivity contribution in [1.82, 2.24) is 25.5 Å². The van der Waals surface area contributed by atoms with Crippen molar-refractivity contribution in [1.29, 1.82) is 0 Å². The van der Waals surface area contributed by atoms with E-state index in [1.807, 2.05) is 0 Å². The van der Waals surface area contributed by atoms with Gasteiger partial charge in [0.1, 0.15) is 17.3 Å². The highest BCUT2D eigenvalue weighted by atomic mass is 19.1. The second kappa shape index (κ2) is 6.68. The normalized spacial score (nSPS) is 14.2. The molecule has 0 spiro atoms. The minimum atomic E-state index is -0.401. The van der Waals surface area contributed by atoms with Crippen LogP contribution in [0.1, 0.15) is 27.8 Å². The lowest BCUT2D eigenvalue weighted by Crippen LogP contribution is -2.30. The molecule has 1 aliphatic heterocycles. The maximum atomic E-state index is 14.1. The molecular formula is C17H16FN5O3. The van der Waals surface area contributed by atoms with Crippen LogP contribution in [0, 0.1) is 5.82 Å². The number of aromatic nitrogens is 3. The molecule has 3 heterocycles. The molecule has 0 bridgehead atoms. The molecule has 9 heteroatoms. The van der Waals surface area contributed by atoms with Crippen LogP contribution >= 0.6 is 0 Å². The Kier molecular flexibility index (Phi) is 4.21. The van der Waals surface area contributed by atoms with Gasteiger partial charge in [0.15, 0.2) is 0 Å². The molecule has 0 aliphatic carbocycles. The lowest BCUT2D eigenvalue weighted by atomic mass is 10.0. The Labute approximate surface area is 148 Å². The molecule has 1 aromatic carbocycles. The van der Waals surface area contributed by atoms with E-state index >= 15 is 0 Å². The number of nitrogens with zero attached hydrogens (tertiary/aromatic N) is 4. The van der Waals surface area contributed by atoms with Gasteiger partial charge in [0, 0.05) is 37.7 Å². The van der Waals surface area contributed by atoms with E-state index in [2.05, 4.69) is 25.5 Å².